The molecular formula is C25H26N2O4S. The van der Waals surface area contributed by atoms with Crippen LogP contribution in [-0.4, -0.2) is 44.0 Å². The molecule has 1 fully saturated rings. The molecule has 32 heavy (non-hydrogen) atoms. The molecule has 2 atom stereocenters. The Bertz CT molecular complexity index is 1070. The van der Waals surface area contributed by atoms with Crippen molar-refractivity contribution in [2.75, 3.05) is 27.3 Å². The molecule has 6 nitrogen and oxygen atoms in total. The number of carbonyl (C=O) groups is 2. The van der Waals surface area contributed by atoms with Crippen LogP contribution in [-0.2, 0) is 11.3 Å². The third-order valence-electron chi connectivity index (χ3n) is 5.82. The number of nitrogens with one attached hydrogen (secondary N) is 1. The van der Waals surface area contributed by atoms with Crippen molar-refractivity contribution in [3.8, 4) is 11.5 Å². The van der Waals surface area contributed by atoms with Gasteiger partial charge in [0.25, 0.3) is 5.91 Å². The second kappa shape index (κ2) is 9.87. The van der Waals surface area contributed by atoms with Crippen LogP contribution < -0.4 is 14.8 Å². The summed E-state index contributed by atoms with van der Waals surface area (Å²) in [6, 6.07) is 19.0. The molecule has 7 heteroatoms. The zero-order valence-electron chi connectivity index (χ0n) is 18.1. The second-order valence-corrected chi connectivity index (χ2v) is 8.66. The van der Waals surface area contributed by atoms with Gasteiger partial charge in [-0.25, -0.2) is 0 Å². The van der Waals surface area contributed by atoms with Crippen molar-refractivity contribution in [1.29, 1.82) is 0 Å². The highest BCUT2D eigenvalue weighted by Gasteiger charge is 2.42. The Balaban J connectivity index is 1.61. The first-order valence-corrected chi connectivity index (χ1v) is 11.3. The number of methoxy groups -OCH3 is 2. The van der Waals surface area contributed by atoms with Crippen LogP contribution in [0.4, 0.5) is 0 Å². The van der Waals surface area contributed by atoms with Crippen molar-refractivity contribution >= 4 is 23.2 Å². The number of ether oxygens (including phenoxy) is 2. The Morgan fingerprint density at radius 2 is 1.84 bits per heavy atom. The van der Waals surface area contributed by atoms with E-state index in [1.165, 1.54) is 11.3 Å². The summed E-state index contributed by atoms with van der Waals surface area (Å²) in [4.78, 5) is 28.8. The topological polar surface area (TPSA) is 67.9 Å². The number of nitrogens with zero attached hydrogens (tertiary/aromatic N) is 1. The lowest BCUT2D eigenvalue weighted by Crippen LogP contribution is -2.35. The van der Waals surface area contributed by atoms with E-state index in [9.17, 15) is 9.59 Å². The molecule has 1 saturated heterocycles. The monoisotopic (exact) mass is 450 g/mol. The van der Waals surface area contributed by atoms with Crippen molar-refractivity contribution in [3.63, 3.8) is 0 Å². The summed E-state index contributed by atoms with van der Waals surface area (Å²) >= 11 is 1.41. The van der Waals surface area contributed by atoms with Gasteiger partial charge in [-0.2, -0.15) is 0 Å². The van der Waals surface area contributed by atoms with Crippen molar-refractivity contribution in [1.82, 2.24) is 10.2 Å². The van der Waals surface area contributed by atoms with Gasteiger partial charge in [-0.3, -0.25) is 9.59 Å². The van der Waals surface area contributed by atoms with Gasteiger partial charge in [0.15, 0.2) is 0 Å². The molecule has 1 aliphatic heterocycles. The molecular weight excluding hydrogens is 424 g/mol. The highest BCUT2D eigenvalue weighted by atomic mass is 32.1. The lowest BCUT2D eigenvalue weighted by molar-refractivity contribution is -0.125. The number of likely N-dealkylation sites (tertiary alicyclic amines) is 1. The maximum atomic E-state index is 13.3. The van der Waals surface area contributed by atoms with Crippen molar-refractivity contribution in [3.05, 3.63) is 82.0 Å². The van der Waals surface area contributed by atoms with E-state index in [0.29, 0.717) is 36.0 Å². The van der Waals surface area contributed by atoms with Crippen LogP contribution in [0.15, 0.2) is 66.0 Å². The molecule has 2 heterocycles. The van der Waals surface area contributed by atoms with Crippen molar-refractivity contribution in [2.45, 2.75) is 12.5 Å². The third-order valence-corrected chi connectivity index (χ3v) is 6.68. The van der Waals surface area contributed by atoms with E-state index in [-0.39, 0.29) is 17.7 Å². The van der Waals surface area contributed by atoms with E-state index in [0.717, 1.165) is 11.1 Å². The van der Waals surface area contributed by atoms with Crippen LogP contribution >= 0.6 is 11.3 Å². The first-order chi connectivity index (χ1) is 15.6. The fraction of sp³-hybridized carbons (Fsp3) is 0.280. The quantitative estimate of drug-likeness (QED) is 0.592. The molecule has 1 aromatic heterocycles. The van der Waals surface area contributed by atoms with Crippen molar-refractivity contribution in [2.24, 2.45) is 5.92 Å². The summed E-state index contributed by atoms with van der Waals surface area (Å²) in [6.07, 6.45) is 0. The summed E-state index contributed by atoms with van der Waals surface area (Å²) < 4.78 is 11.0. The van der Waals surface area contributed by atoms with Gasteiger partial charge in [-0.1, -0.05) is 36.4 Å². The molecule has 4 rings (SSSR count). The third kappa shape index (κ3) is 4.62. The molecule has 3 aromatic rings. The predicted octanol–water partition coefficient (Wildman–Crippen LogP) is 3.94. The lowest BCUT2D eigenvalue weighted by Gasteiger charge is -2.21. The number of thiophene rings is 1. The standard InChI is InChI=1S/C25H26N2O4S/c1-30-18-10-11-22(31-2)19(13-18)20-15-27(25(29)23-9-6-12-32-23)16-21(20)24(28)26-14-17-7-4-3-5-8-17/h3-13,20-21H,14-16H2,1-2H3,(H,26,28)/t20-,21+/m0/s1. The van der Waals surface area contributed by atoms with Crippen LogP contribution in [0.3, 0.4) is 0 Å². The minimum atomic E-state index is -0.399. The fourth-order valence-electron chi connectivity index (χ4n) is 4.15. The maximum absolute atomic E-state index is 13.3. The molecule has 0 aliphatic carbocycles. The number of rotatable bonds is 7. The summed E-state index contributed by atoms with van der Waals surface area (Å²) in [5, 5.41) is 4.94. The van der Waals surface area contributed by atoms with E-state index >= 15 is 0 Å². The molecule has 0 radical (unpaired) electrons. The summed E-state index contributed by atoms with van der Waals surface area (Å²) in [5.41, 5.74) is 1.90. The Morgan fingerprint density at radius 3 is 2.53 bits per heavy atom. The number of hydrogen-bond acceptors (Lipinski definition) is 5. The minimum Gasteiger partial charge on any atom is -0.497 e. The van der Waals surface area contributed by atoms with Gasteiger partial charge in [-0.05, 0) is 35.2 Å². The van der Waals surface area contributed by atoms with Crippen LogP contribution in [0.5, 0.6) is 11.5 Å². The second-order valence-electron chi connectivity index (χ2n) is 7.71. The summed E-state index contributed by atoms with van der Waals surface area (Å²) in [5.74, 6) is 0.633. The maximum Gasteiger partial charge on any atom is 0.263 e. The SMILES string of the molecule is COc1ccc(OC)c([C@@H]2CN(C(=O)c3cccs3)C[C@H]2C(=O)NCc2ccccc2)c1. The van der Waals surface area contributed by atoms with Crippen LogP contribution in [0, 0.1) is 5.92 Å². The molecule has 0 spiro atoms. The van der Waals surface area contributed by atoms with Gasteiger partial charge in [0.2, 0.25) is 5.91 Å². The lowest BCUT2D eigenvalue weighted by atomic mass is 9.87. The number of amides is 2. The van der Waals surface area contributed by atoms with E-state index in [4.69, 9.17) is 9.47 Å². The van der Waals surface area contributed by atoms with Gasteiger partial charge in [0.1, 0.15) is 11.5 Å². The van der Waals surface area contributed by atoms with E-state index < -0.39 is 5.92 Å². The molecule has 2 aromatic carbocycles. The molecule has 0 bridgehead atoms. The van der Waals surface area contributed by atoms with Crippen LogP contribution in [0.2, 0.25) is 0 Å². The highest BCUT2D eigenvalue weighted by molar-refractivity contribution is 7.12. The first-order valence-electron chi connectivity index (χ1n) is 10.5. The van der Waals surface area contributed by atoms with E-state index in [2.05, 4.69) is 5.32 Å². The Kier molecular flexibility index (Phi) is 6.75. The zero-order valence-corrected chi connectivity index (χ0v) is 18.9. The van der Waals surface area contributed by atoms with Gasteiger partial charge in [0.05, 0.1) is 25.0 Å². The highest BCUT2D eigenvalue weighted by Crippen LogP contribution is 2.40. The molecule has 166 valence electrons. The smallest absolute Gasteiger partial charge is 0.263 e. The number of benzene rings is 2. The molecule has 0 unspecified atom stereocenters. The average molecular weight is 451 g/mol. The first kappa shape index (κ1) is 21.9. The largest absolute Gasteiger partial charge is 0.497 e. The molecule has 2 amide bonds. The molecule has 1 N–H and O–H groups in total. The molecule has 0 saturated carbocycles. The van der Waals surface area contributed by atoms with Crippen LogP contribution in [0.25, 0.3) is 0 Å². The normalized spacial score (nSPS) is 17.8. The minimum absolute atomic E-state index is 0.0507. The van der Waals surface area contributed by atoms with Gasteiger partial charge >= 0.3 is 0 Å². The average Bonchev–Trinajstić information content (AvgIpc) is 3.53. The predicted molar refractivity (Wildman–Crippen MR) is 124 cm³/mol. The van der Waals surface area contributed by atoms with E-state index in [1.54, 1.807) is 19.1 Å². The Morgan fingerprint density at radius 1 is 1.03 bits per heavy atom. The molecule has 1 aliphatic rings. The van der Waals surface area contributed by atoms with Crippen LogP contribution in [0.1, 0.15) is 26.7 Å². The van der Waals surface area contributed by atoms with E-state index in [1.807, 2.05) is 66.0 Å². The Labute approximate surface area is 191 Å². The van der Waals surface area contributed by atoms with Gasteiger partial charge < -0.3 is 19.7 Å². The number of carbonyl (C=O) groups excluding carboxylic acids is 2. The van der Waals surface area contributed by atoms with Gasteiger partial charge in [0, 0.05) is 31.1 Å². The number of hydrogen-bond donors (Lipinski definition) is 1. The summed E-state index contributed by atoms with van der Waals surface area (Å²) in [6.45, 7) is 1.23. The van der Waals surface area contributed by atoms with Gasteiger partial charge in [-0.15, -0.1) is 11.3 Å². The van der Waals surface area contributed by atoms with Crippen molar-refractivity contribution < 1.29 is 19.1 Å². The zero-order chi connectivity index (χ0) is 22.5. The summed E-state index contributed by atoms with van der Waals surface area (Å²) in [7, 11) is 3.22. The Hall–Kier alpha value is -3.32. The fourth-order valence-corrected chi connectivity index (χ4v) is 4.84.